The van der Waals surface area contributed by atoms with Crippen LogP contribution in [0.1, 0.15) is 26.3 Å². The van der Waals surface area contributed by atoms with Crippen LogP contribution in [0.4, 0.5) is 0 Å². The Morgan fingerprint density at radius 1 is 1.14 bits per heavy atom. The molecule has 1 rings (SSSR count). The molecule has 3 heteroatoms. The van der Waals surface area contributed by atoms with Crippen molar-refractivity contribution in [2.24, 2.45) is 0 Å². The predicted octanol–water partition coefficient (Wildman–Crippen LogP) is 4.48. The van der Waals surface area contributed by atoms with Crippen molar-refractivity contribution in [1.29, 1.82) is 0 Å². The molecular formula is C11H14Cl2O. The van der Waals surface area contributed by atoms with Gasteiger partial charge in [0.1, 0.15) is 11.4 Å². The van der Waals surface area contributed by atoms with Gasteiger partial charge in [0.05, 0.1) is 5.02 Å². The van der Waals surface area contributed by atoms with Crippen molar-refractivity contribution in [3.63, 3.8) is 0 Å². The normalized spacial score (nSPS) is 11.6. The van der Waals surface area contributed by atoms with E-state index in [4.69, 9.17) is 27.9 Å². The summed E-state index contributed by atoms with van der Waals surface area (Å²) in [6, 6.07) is 3.53. The highest BCUT2D eigenvalue weighted by molar-refractivity contribution is 6.35. The topological polar surface area (TPSA) is 9.23 Å². The average Bonchev–Trinajstić information content (AvgIpc) is 1.95. The van der Waals surface area contributed by atoms with Crippen molar-refractivity contribution >= 4 is 23.2 Å². The van der Waals surface area contributed by atoms with E-state index >= 15 is 0 Å². The number of rotatable bonds is 1. The fourth-order valence-electron chi connectivity index (χ4n) is 1.12. The van der Waals surface area contributed by atoms with Gasteiger partial charge >= 0.3 is 0 Å². The molecule has 14 heavy (non-hydrogen) atoms. The lowest BCUT2D eigenvalue weighted by atomic mass is 10.1. The van der Waals surface area contributed by atoms with E-state index in [1.807, 2.05) is 33.8 Å². The van der Waals surface area contributed by atoms with E-state index in [1.54, 1.807) is 6.07 Å². The molecule has 78 valence electrons. The minimum atomic E-state index is -0.248. The number of aryl methyl sites for hydroxylation is 1. The summed E-state index contributed by atoms with van der Waals surface area (Å²) in [6.45, 7) is 7.88. The van der Waals surface area contributed by atoms with Gasteiger partial charge in [-0.25, -0.2) is 0 Å². The van der Waals surface area contributed by atoms with E-state index in [0.717, 1.165) is 5.56 Å². The Morgan fingerprint density at radius 3 is 2.14 bits per heavy atom. The number of halogens is 2. The summed E-state index contributed by atoms with van der Waals surface area (Å²) in [7, 11) is 0. The van der Waals surface area contributed by atoms with Gasteiger partial charge in [-0.15, -0.1) is 0 Å². The van der Waals surface area contributed by atoms with Crippen LogP contribution < -0.4 is 4.74 Å². The van der Waals surface area contributed by atoms with Crippen LogP contribution in [0.2, 0.25) is 10.0 Å². The minimum Gasteiger partial charge on any atom is -0.486 e. The van der Waals surface area contributed by atoms with Crippen molar-refractivity contribution in [3.8, 4) is 5.75 Å². The van der Waals surface area contributed by atoms with Crippen molar-refractivity contribution in [2.75, 3.05) is 0 Å². The molecule has 0 aliphatic carbocycles. The summed E-state index contributed by atoms with van der Waals surface area (Å²) in [4.78, 5) is 0. The SMILES string of the molecule is Cc1cc(Cl)cc(Cl)c1OC(C)(C)C. The molecule has 0 saturated heterocycles. The number of hydrogen-bond donors (Lipinski definition) is 0. The average molecular weight is 233 g/mol. The first-order valence-electron chi connectivity index (χ1n) is 4.44. The molecular weight excluding hydrogens is 219 g/mol. The fourth-order valence-corrected chi connectivity index (χ4v) is 1.76. The van der Waals surface area contributed by atoms with E-state index in [1.165, 1.54) is 0 Å². The second kappa shape index (κ2) is 4.00. The van der Waals surface area contributed by atoms with Gasteiger partial charge in [0.15, 0.2) is 0 Å². The smallest absolute Gasteiger partial charge is 0.141 e. The van der Waals surface area contributed by atoms with Gasteiger partial charge in [0.2, 0.25) is 0 Å². The van der Waals surface area contributed by atoms with Gasteiger partial charge in [-0.3, -0.25) is 0 Å². The van der Waals surface area contributed by atoms with E-state index < -0.39 is 0 Å². The zero-order valence-corrected chi connectivity index (χ0v) is 10.3. The third-order valence-electron chi connectivity index (χ3n) is 1.60. The quantitative estimate of drug-likeness (QED) is 0.694. The molecule has 0 N–H and O–H groups in total. The second-order valence-electron chi connectivity index (χ2n) is 4.25. The Labute approximate surface area is 95.0 Å². The first-order chi connectivity index (χ1) is 6.29. The highest BCUT2D eigenvalue weighted by Crippen LogP contribution is 2.33. The zero-order chi connectivity index (χ0) is 10.9. The number of benzene rings is 1. The lowest BCUT2D eigenvalue weighted by Crippen LogP contribution is -2.23. The predicted molar refractivity (Wildman–Crippen MR) is 61.6 cm³/mol. The standard InChI is InChI=1S/C11H14Cl2O/c1-7-5-8(12)6-9(13)10(7)14-11(2,3)4/h5-6H,1-4H3. The summed E-state index contributed by atoms with van der Waals surface area (Å²) < 4.78 is 5.73. The molecule has 1 nitrogen and oxygen atoms in total. The molecule has 0 spiro atoms. The van der Waals surface area contributed by atoms with Crippen LogP contribution >= 0.6 is 23.2 Å². The Balaban J connectivity index is 3.09. The van der Waals surface area contributed by atoms with Gasteiger partial charge in [0, 0.05) is 5.02 Å². The third kappa shape index (κ3) is 3.07. The monoisotopic (exact) mass is 232 g/mol. The van der Waals surface area contributed by atoms with Crippen LogP contribution in [0.3, 0.4) is 0 Å². The van der Waals surface area contributed by atoms with Crippen LogP contribution in [0, 0.1) is 6.92 Å². The highest BCUT2D eigenvalue weighted by atomic mass is 35.5. The van der Waals surface area contributed by atoms with Gasteiger partial charge in [0.25, 0.3) is 0 Å². The molecule has 0 radical (unpaired) electrons. The largest absolute Gasteiger partial charge is 0.486 e. The molecule has 0 saturated carbocycles. The lowest BCUT2D eigenvalue weighted by molar-refractivity contribution is 0.130. The molecule has 0 heterocycles. The second-order valence-corrected chi connectivity index (χ2v) is 5.09. The first-order valence-corrected chi connectivity index (χ1v) is 5.20. The van der Waals surface area contributed by atoms with Gasteiger partial charge in [-0.1, -0.05) is 23.2 Å². The van der Waals surface area contributed by atoms with Gasteiger partial charge < -0.3 is 4.74 Å². The van der Waals surface area contributed by atoms with Crippen LogP contribution in [-0.4, -0.2) is 5.60 Å². The Morgan fingerprint density at radius 2 is 1.71 bits per heavy atom. The van der Waals surface area contributed by atoms with Gasteiger partial charge in [-0.2, -0.15) is 0 Å². The number of ether oxygens (including phenoxy) is 1. The molecule has 0 aliphatic heterocycles. The van der Waals surface area contributed by atoms with Crippen LogP contribution in [-0.2, 0) is 0 Å². The van der Waals surface area contributed by atoms with Crippen LogP contribution in [0.25, 0.3) is 0 Å². The molecule has 1 aromatic rings. The Bertz CT molecular complexity index is 317. The maximum atomic E-state index is 6.03. The van der Waals surface area contributed by atoms with Crippen molar-refractivity contribution in [2.45, 2.75) is 33.3 Å². The molecule has 0 fully saturated rings. The summed E-state index contributed by atoms with van der Waals surface area (Å²) in [5, 5.41) is 1.19. The summed E-state index contributed by atoms with van der Waals surface area (Å²) >= 11 is 11.9. The molecule has 0 bridgehead atoms. The zero-order valence-electron chi connectivity index (χ0n) is 8.82. The summed E-state index contributed by atoms with van der Waals surface area (Å²) in [5.41, 5.74) is 0.708. The van der Waals surface area contributed by atoms with Crippen LogP contribution in [0.5, 0.6) is 5.75 Å². The van der Waals surface area contributed by atoms with E-state index in [0.29, 0.717) is 15.8 Å². The highest BCUT2D eigenvalue weighted by Gasteiger charge is 2.16. The minimum absolute atomic E-state index is 0.248. The Hall–Kier alpha value is -0.400. The maximum Gasteiger partial charge on any atom is 0.141 e. The van der Waals surface area contributed by atoms with Gasteiger partial charge in [-0.05, 0) is 45.4 Å². The van der Waals surface area contributed by atoms with Crippen molar-refractivity contribution in [3.05, 3.63) is 27.7 Å². The van der Waals surface area contributed by atoms with Crippen LogP contribution in [0.15, 0.2) is 12.1 Å². The molecule has 0 aliphatic rings. The van der Waals surface area contributed by atoms with Crippen molar-refractivity contribution in [1.82, 2.24) is 0 Å². The fraction of sp³-hybridized carbons (Fsp3) is 0.455. The van der Waals surface area contributed by atoms with E-state index in [2.05, 4.69) is 0 Å². The first kappa shape index (κ1) is 11.7. The van der Waals surface area contributed by atoms with E-state index in [9.17, 15) is 0 Å². The molecule has 0 aromatic heterocycles. The Kier molecular flexibility index (Phi) is 3.33. The summed E-state index contributed by atoms with van der Waals surface area (Å²) in [5.74, 6) is 0.712. The molecule has 0 unspecified atom stereocenters. The number of hydrogen-bond acceptors (Lipinski definition) is 1. The third-order valence-corrected chi connectivity index (χ3v) is 2.10. The van der Waals surface area contributed by atoms with E-state index in [-0.39, 0.29) is 5.60 Å². The molecule has 0 amide bonds. The molecule has 0 atom stereocenters. The maximum absolute atomic E-state index is 6.03. The lowest BCUT2D eigenvalue weighted by Gasteiger charge is -2.23. The molecule has 1 aromatic carbocycles. The van der Waals surface area contributed by atoms with Crippen molar-refractivity contribution < 1.29 is 4.74 Å². The summed E-state index contributed by atoms with van der Waals surface area (Å²) in [6.07, 6.45) is 0.